The van der Waals surface area contributed by atoms with Gasteiger partial charge in [0.2, 0.25) is 0 Å². The summed E-state index contributed by atoms with van der Waals surface area (Å²) < 4.78 is 10.3. The van der Waals surface area contributed by atoms with Crippen molar-refractivity contribution in [3.63, 3.8) is 0 Å². The molecule has 1 aliphatic rings. The Labute approximate surface area is 91.1 Å². The summed E-state index contributed by atoms with van der Waals surface area (Å²) in [7, 11) is 1.37. The van der Waals surface area contributed by atoms with E-state index in [1.807, 2.05) is 0 Å². The molecule has 0 aromatic heterocycles. The fourth-order valence-corrected chi connectivity index (χ4v) is 1.95. The van der Waals surface area contributed by atoms with Gasteiger partial charge < -0.3 is 15.2 Å². The van der Waals surface area contributed by atoms with Gasteiger partial charge in [-0.25, -0.2) is 4.79 Å². The van der Waals surface area contributed by atoms with Gasteiger partial charge in [-0.15, -0.1) is 0 Å². The summed E-state index contributed by atoms with van der Waals surface area (Å²) in [6.07, 6.45) is 4.92. The number of methoxy groups -OCH3 is 1. The van der Waals surface area contributed by atoms with Crippen molar-refractivity contribution in [3.05, 3.63) is 0 Å². The Hall–Kier alpha value is -0.610. The van der Waals surface area contributed by atoms with Crippen LogP contribution in [0, 0.1) is 0 Å². The van der Waals surface area contributed by atoms with Crippen molar-refractivity contribution in [1.82, 2.24) is 0 Å². The van der Waals surface area contributed by atoms with Gasteiger partial charge in [-0.1, -0.05) is 19.3 Å². The number of esters is 1. The third-order valence-electron chi connectivity index (χ3n) is 2.92. The van der Waals surface area contributed by atoms with Crippen molar-refractivity contribution in [1.29, 1.82) is 0 Å². The van der Waals surface area contributed by atoms with E-state index in [0.717, 1.165) is 25.7 Å². The van der Waals surface area contributed by atoms with Gasteiger partial charge in [-0.05, 0) is 19.8 Å². The molecule has 0 heterocycles. The molecule has 4 heteroatoms. The minimum Gasteiger partial charge on any atom is -0.467 e. The van der Waals surface area contributed by atoms with E-state index in [1.54, 1.807) is 6.92 Å². The van der Waals surface area contributed by atoms with Gasteiger partial charge in [-0.2, -0.15) is 0 Å². The van der Waals surface area contributed by atoms with Crippen LogP contribution in [0.2, 0.25) is 0 Å². The van der Waals surface area contributed by atoms with E-state index >= 15 is 0 Å². The van der Waals surface area contributed by atoms with Crippen molar-refractivity contribution in [3.8, 4) is 0 Å². The van der Waals surface area contributed by atoms with E-state index in [2.05, 4.69) is 4.74 Å². The number of rotatable bonds is 3. The maximum atomic E-state index is 11.2. The maximum absolute atomic E-state index is 11.2. The summed E-state index contributed by atoms with van der Waals surface area (Å²) in [5, 5.41) is 0. The van der Waals surface area contributed by atoms with Crippen LogP contribution in [0.5, 0.6) is 0 Å². The van der Waals surface area contributed by atoms with Gasteiger partial charge in [0.05, 0.1) is 13.2 Å². The minimum atomic E-state index is -0.510. The van der Waals surface area contributed by atoms with Gasteiger partial charge in [0, 0.05) is 6.04 Å². The predicted molar refractivity (Wildman–Crippen MR) is 57.4 cm³/mol. The molecule has 88 valence electrons. The van der Waals surface area contributed by atoms with Crippen LogP contribution >= 0.6 is 0 Å². The second kappa shape index (κ2) is 6.08. The molecule has 3 atom stereocenters. The molecule has 0 aromatic carbocycles. The van der Waals surface area contributed by atoms with Gasteiger partial charge in [0.25, 0.3) is 0 Å². The molecule has 0 radical (unpaired) electrons. The highest BCUT2D eigenvalue weighted by Gasteiger charge is 2.25. The molecule has 1 rings (SSSR count). The Bertz CT molecular complexity index is 208. The van der Waals surface area contributed by atoms with Crippen molar-refractivity contribution in [2.75, 3.05) is 7.11 Å². The molecular formula is C11H21NO3. The normalized spacial score (nSPS) is 29.3. The first-order chi connectivity index (χ1) is 7.15. The average molecular weight is 215 g/mol. The van der Waals surface area contributed by atoms with E-state index in [-0.39, 0.29) is 18.1 Å². The van der Waals surface area contributed by atoms with Gasteiger partial charge in [0.1, 0.15) is 0 Å². The second-order valence-corrected chi connectivity index (χ2v) is 4.14. The van der Waals surface area contributed by atoms with Crippen molar-refractivity contribution in [2.24, 2.45) is 5.73 Å². The lowest BCUT2D eigenvalue weighted by Crippen LogP contribution is -2.39. The molecule has 0 bridgehead atoms. The van der Waals surface area contributed by atoms with Gasteiger partial charge in [0.15, 0.2) is 6.10 Å². The summed E-state index contributed by atoms with van der Waals surface area (Å²) in [6.45, 7) is 1.71. The van der Waals surface area contributed by atoms with Crippen LogP contribution in [0.15, 0.2) is 0 Å². The average Bonchev–Trinajstić information content (AvgIpc) is 2.43. The molecule has 1 saturated carbocycles. The predicted octanol–water partition coefficient (Wildman–Crippen LogP) is 1.22. The molecule has 3 unspecified atom stereocenters. The van der Waals surface area contributed by atoms with E-state index in [0.29, 0.717) is 0 Å². The van der Waals surface area contributed by atoms with Crippen molar-refractivity contribution >= 4 is 5.97 Å². The smallest absolute Gasteiger partial charge is 0.334 e. The van der Waals surface area contributed by atoms with Crippen LogP contribution in [0.3, 0.4) is 0 Å². The van der Waals surface area contributed by atoms with E-state index in [1.165, 1.54) is 13.5 Å². The Balaban J connectivity index is 2.43. The summed E-state index contributed by atoms with van der Waals surface area (Å²) in [5.74, 6) is -0.327. The SMILES string of the molecule is COC(=O)C(C)OC1CCCCCC1N. The Morgan fingerprint density at radius 2 is 2.00 bits per heavy atom. The molecule has 1 fully saturated rings. The fraction of sp³-hybridized carbons (Fsp3) is 0.909. The Kier molecular flexibility index (Phi) is 5.05. The molecule has 0 saturated heterocycles. The molecule has 4 nitrogen and oxygen atoms in total. The number of carbonyl (C=O) groups excluding carboxylic acids is 1. The molecule has 0 aliphatic heterocycles. The molecule has 0 spiro atoms. The number of hydrogen-bond donors (Lipinski definition) is 1. The largest absolute Gasteiger partial charge is 0.467 e. The summed E-state index contributed by atoms with van der Waals surface area (Å²) in [4.78, 5) is 11.2. The lowest BCUT2D eigenvalue weighted by molar-refractivity contribution is -0.157. The lowest BCUT2D eigenvalue weighted by Gasteiger charge is -2.24. The van der Waals surface area contributed by atoms with E-state index < -0.39 is 6.10 Å². The number of carbonyl (C=O) groups is 1. The standard InChI is InChI=1S/C11H21NO3/c1-8(11(13)14-2)15-10-7-5-3-4-6-9(10)12/h8-10H,3-7,12H2,1-2H3. The third kappa shape index (κ3) is 3.80. The molecule has 0 amide bonds. The fourth-order valence-electron chi connectivity index (χ4n) is 1.95. The van der Waals surface area contributed by atoms with Crippen LogP contribution in [0.25, 0.3) is 0 Å². The van der Waals surface area contributed by atoms with Crippen LogP contribution in [0.1, 0.15) is 39.0 Å². The first-order valence-corrected chi connectivity index (χ1v) is 5.64. The second-order valence-electron chi connectivity index (χ2n) is 4.14. The highest BCUT2D eigenvalue weighted by molar-refractivity contribution is 5.73. The third-order valence-corrected chi connectivity index (χ3v) is 2.92. The topological polar surface area (TPSA) is 61.5 Å². The molecule has 15 heavy (non-hydrogen) atoms. The number of nitrogens with two attached hydrogens (primary N) is 1. The molecular weight excluding hydrogens is 194 g/mol. The Morgan fingerprint density at radius 1 is 1.33 bits per heavy atom. The van der Waals surface area contributed by atoms with Crippen molar-refractivity contribution in [2.45, 2.75) is 57.3 Å². The Morgan fingerprint density at radius 3 is 2.67 bits per heavy atom. The molecule has 0 aromatic rings. The van der Waals surface area contributed by atoms with Crippen LogP contribution in [-0.2, 0) is 14.3 Å². The van der Waals surface area contributed by atoms with E-state index in [9.17, 15) is 4.79 Å². The zero-order valence-electron chi connectivity index (χ0n) is 9.57. The van der Waals surface area contributed by atoms with Crippen LogP contribution < -0.4 is 5.73 Å². The monoisotopic (exact) mass is 215 g/mol. The first-order valence-electron chi connectivity index (χ1n) is 5.64. The molecule has 1 aliphatic carbocycles. The summed E-state index contributed by atoms with van der Waals surface area (Å²) in [5.41, 5.74) is 5.99. The quantitative estimate of drug-likeness (QED) is 0.568. The van der Waals surface area contributed by atoms with Crippen LogP contribution in [0.4, 0.5) is 0 Å². The van der Waals surface area contributed by atoms with E-state index in [4.69, 9.17) is 10.5 Å². The molecule has 2 N–H and O–H groups in total. The van der Waals surface area contributed by atoms with Crippen LogP contribution in [-0.4, -0.2) is 31.3 Å². The van der Waals surface area contributed by atoms with Gasteiger partial charge >= 0.3 is 5.97 Å². The lowest BCUT2D eigenvalue weighted by atomic mass is 10.1. The van der Waals surface area contributed by atoms with Gasteiger partial charge in [-0.3, -0.25) is 0 Å². The summed E-state index contributed by atoms with van der Waals surface area (Å²) >= 11 is 0. The highest BCUT2D eigenvalue weighted by Crippen LogP contribution is 2.20. The van der Waals surface area contributed by atoms with Crippen molar-refractivity contribution < 1.29 is 14.3 Å². The number of hydrogen-bond acceptors (Lipinski definition) is 4. The summed E-state index contributed by atoms with van der Waals surface area (Å²) in [6, 6.07) is 0.0552. The number of ether oxygens (including phenoxy) is 2. The zero-order chi connectivity index (χ0) is 11.3. The zero-order valence-corrected chi connectivity index (χ0v) is 9.57. The maximum Gasteiger partial charge on any atom is 0.334 e. The first kappa shape index (κ1) is 12.5. The minimum absolute atomic E-state index is 0.00148. The highest BCUT2D eigenvalue weighted by atomic mass is 16.6.